The third-order valence-corrected chi connectivity index (χ3v) is 3.64. The van der Waals surface area contributed by atoms with E-state index >= 15 is 0 Å². The molecule has 0 radical (unpaired) electrons. The maximum atomic E-state index is 8.80. The van der Waals surface area contributed by atoms with Crippen molar-refractivity contribution >= 4 is 11.7 Å². The Morgan fingerprint density at radius 1 is 1.42 bits per heavy atom. The van der Waals surface area contributed by atoms with Crippen molar-refractivity contribution in [1.82, 2.24) is 9.97 Å². The van der Waals surface area contributed by atoms with Crippen molar-refractivity contribution in [2.75, 3.05) is 18.0 Å². The average molecular weight is 263 g/mol. The van der Waals surface area contributed by atoms with Gasteiger partial charge in [-0.05, 0) is 18.8 Å². The zero-order valence-corrected chi connectivity index (χ0v) is 11.3. The Morgan fingerprint density at radius 2 is 2.11 bits per heavy atom. The second-order valence-corrected chi connectivity index (χ2v) is 4.93. The lowest BCUT2D eigenvalue weighted by Crippen LogP contribution is -2.36. The summed E-state index contributed by atoms with van der Waals surface area (Å²) in [5.41, 5.74) is 6.10. The molecule has 0 spiro atoms. The van der Waals surface area contributed by atoms with Crippen LogP contribution in [0.4, 0.5) is 5.82 Å². The van der Waals surface area contributed by atoms with Crippen molar-refractivity contribution in [2.45, 2.75) is 32.6 Å². The van der Waals surface area contributed by atoms with Crippen molar-refractivity contribution in [3.63, 3.8) is 0 Å². The molecule has 104 valence electrons. The normalized spacial score (nSPS) is 17.7. The molecule has 0 aliphatic carbocycles. The van der Waals surface area contributed by atoms with Gasteiger partial charge in [0.15, 0.2) is 17.3 Å². The SMILES string of the molecule is CCCC1CCN(c2nccnc2C(N)=NO)CC1. The lowest BCUT2D eigenvalue weighted by atomic mass is 9.92. The predicted octanol–water partition coefficient (Wildman–Crippen LogP) is 1.59. The fraction of sp³-hybridized carbons (Fsp3) is 0.615. The smallest absolute Gasteiger partial charge is 0.192 e. The standard InChI is InChI=1S/C13H21N5O/c1-2-3-10-4-8-18(9-5-10)13-11(12(14)17-19)15-6-7-16-13/h6-7,10,19H,2-5,8-9H2,1H3,(H2,14,17). The third-order valence-electron chi connectivity index (χ3n) is 3.64. The minimum Gasteiger partial charge on any atom is -0.409 e. The van der Waals surface area contributed by atoms with E-state index in [2.05, 4.69) is 26.9 Å². The Hall–Kier alpha value is -1.85. The van der Waals surface area contributed by atoms with E-state index in [0.29, 0.717) is 11.5 Å². The number of hydrogen-bond acceptors (Lipinski definition) is 5. The van der Waals surface area contributed by atoms with Crippen LogP contribution in [0.1, 0.15) is 38.3 Å². The molecular weight excluding hydrogens is 242 g/mol. The summed E-state index contributed by atoms with van der Waals surface area (Å²) in [4.78, 5) is 10.7. The molecule has 1 fully saturated rings. The Labute approximate surface area is 113 Å². The van der Waals surface area contributed by atoms with Crippen molar-refractivity contribution in [1.29, 1.82) is 0 Å². The lowest BCUT2D eigenvalue weighted by molar-refractivity contribution is 0.318. The third kappa shape index (κ3) is 3.13. The summed E-state index contributed by atoms with van der Waals surface area (Å²) in [6.07, 6.45) is 8.06. The molecule has 1 aliphatic rings. The van der Waals surface area contributed by atoms with E-state index in [0.717, 1.165) is 19.0 Å². The average Bonchev–Trinajstić information content (AvgIpc) is 2.47. The second-order valence-electron chi connectivity index (χ2n) is 4.93. The van der Waals surface area contributed by atoms with Gasteiger partial charge in [0.05, 0.1) is 0 Å². The first-order valence-electron chi connectivity index (χ1n) is 6.80. The molecule has 0 aromatic carbocycles. The summed E-state index contributed by atoms with van der Waals surface area (Å²) in [5, 5.41) is 11.8. The molecule has 0 bridgehead atoms. The number of anilines is 1. The highest BCUT2D eigenvalue weighted by molar-refractivity contribution is 5.99. The molecule has 0 unspecified atom stereocenters. The molecule has 0 amide bonds. The molecule has 1 aliphatic heterocycles. The van der Waals surface area contributed by atoms with E-state index < -0.39 is 0 Å². The van der Waals surface area contributed by atoms with Crippen LogP contribution in [0.5, 0.6) is 0 Å². The summed E-state index contributed by atoms with van der Waals surface area (Å²) >= 11 is 0. The number of piperidine rings is 1. The highest BCUT2D eigenvalue weighted by Crippen LogP contribution is 2.25. The highest BCUT2D eigenvalue weighted by atomic mass is 16.4. The quantitative estimate of drug-likeness (QED) is 0.373. The molecule has 1 aromatic rings. The first-order valence-corrected chi connectivity index (χ1v) is 6.80. The van der Waals surface area contributed by atoms with Gasteiger partial charge in [-0.15, -0.1) is 0 Å². The van der Waals surface area contributed by atoms with Crippen molar-refractivity contribution < 1.29 is 5.21 Å². The number of hydrogen-bond donors (Lipinski definition) is 2. The van der Waals surface area contributed by atoms with Gasteiger partial charge in [0.2, 0.25) is 0 Å². The van der Waals surface area contributed by atoms with Crippen LogP contribution in [-0.4, -0.2) is 34.1 Å². The zero-order chi connectivity index (χ0) is 13.7. The van der Waals surface area contributed by atoms with E-state index in [-0.39, 0.29) is 5.84 Å². The molecule has 0 atom stereocenters. The highest BCUT2D eigenvalue weighted by Gasteiger charge is 2.22. The van der Waals surface area contributed by atoms with Gasteiger partial charge in [-0.25, -0.2) is 9.97 Å². The zero-order valence-electron chi connectivity index (χ0n) is 11.3. The molecule has 0 saturated carbocycles. The predicted molar refractivity (Wildman–Crippen MR) is 74.4 cm³/mol. The second kappa shape index (κ2) is 6.36. The topological polar surface area (TPSA) is 87.6 Å². The molecule has 2 heterocycles. The lowest BCUT2D eigenvalue weighted by Gasteiger charge is -2.33. The first kappa shape index (κ1) is 13.6. The van der Waals surface area contributed by atoms with Gasteiger partial charge in [0.25, 0.3) is 0 Å². The van der Waals surface area contributed by atoms with Gasteiger partial charge in [0.1, 0.15) is 0 Å². The summed E-state index contributed by atoms with van der Waals surface area (Å²) in [6.45, 7) is 4.13. The summed E-state index contributed by atoms with van der Waals surface area (Å²) in [7, 11) is 0. The van der Waals surface area contributed by atoms with E-state index in [1.54, 1.807) is 12.4 Å². The van der Waals surface area contributed by atoms with E-state index in [1.165, 1.54) is 25.7 Å². The Bertz CT molecular complexity index is 440. The molecule has 1 aromatic heterocycles. The minimum absolute atomic E-state index is 0.0128. The molecule has 2 rings (SSSR count). The van der Waals surface area contributed by atoms with Gasteiger partial charge in [-0.2, -0.15) is 0 Å². The Kier molecular flexibility index (Phi) is 4.54. The number of aromatic nitrogens is 2. The molecular formula is C13H21N5O. The van der Waals surface area contributed by atoms with Crippen LogP contribution in [0.25, 0.3) is 0 Å². The molecule has 6 heteroatoms. The Morgan fingerprint density at radius 3 is 2.74 bits per heavy atom. The van der Waals surface area contributed by atoms with E-state index in [1.807, 2.05) is 0 Å². The van der Waals surface area contributed by atoms with E-state index in [4.69, 9.17) is 10.9 Å². The minimum atomic E-state index is 0.0128. The van der Waals surface area contributed by atoms with Crippen LogP contribution in [-0.2, 0) is 0 Å². The largest absolute Gasteiger partial charge is 0.409 e. The van der Waals surface area contributed by atoms with Crippen LogP contribution >= 0.6 is 0 Å². The van der Waals surface area contributed by atoms with Crippen LogP contribution < -0.4 is 10.6 Å². The summed E-state index contributed by atoms with van der Waals surface area (Å²) < 4.78 is 0. The molecule has 19 heavy (non-hydrogen) atoms. The molecule has 6 nitrogen and oxygen atoms in total. The van der Waals surface area contributed by atoms with Crippen LogP contribution in [0.3, 0.4) is 0 Å². The van der Waals surface area contributed by atoms with Gasteiger partial charge < -0.3 is 15.8 Å². The number of oxime groups is 1. The fourth-order valence-electron chi connectivity index (χ4n) is 2.63. The maximum absolute atomic E-state index is 8.80. The summed E-state index contributed by atoms with van der Waals surface area (Å²) in [5.74, 6) is 1.54. The van der Waals surface area contributed by atoms with Crippen molar-refractivity contribution in [2.24, 2.45) is 16.8 Å². The Balaban J connectivity index is 2.11. The molecule has 1 saturated heterocycles. The summed E-state index contributed by atoms with van der Waals surface area (Å²) in [6, 6.07) is 0. The van der Waals surface area contributed by atoms with Crippen molar-refractivity contribution in [3.8, 4) is 0 Å². The molecule has 3 N–H and O–H groups in total. The monoisotopic (exact) mass is 263 g/mol. The fourth-order valence-corrected chi connectivity index (χ4v) is 2.63. The number of rotatable bonds is 4. The maximum Gasteiger partial charge on any atom is 0.192 e. The first-order chi connectivity index (χ1) is 9.26. The van der Waals surface area contributed by atoms with Crippen molar-refractivity contribution in [3.05, 3.63) is 18.1 Å². The number of nitrogens with zero attached hydrogens (tertiary/aromatic N) is 4. The van der Waals surface area contributed by atoms with Gasteiger partial charge in [0, 0.05) is 25.5 Å². The number of nitrogens with two attached hydrogens (primary N) is 1. The van der Waals surface area contributed by atoms with Crippen LogP contribution in [0, 0.1) is 5.92 Å². The van der Waals surface area contributed by atoms with E-state index in [9.17, 15) is 0 Å². The van der Waals surface area contributed by atoms with Gasteiger partial charge in [-0.1, -0.05) is 24.9 Å². The van der Waals surface area contributed by atoms with Crippen LogP contribution in [0.15, 0.2) is 17.5 Å². The van der Waals surface area contributed by atoms with Gasteiger partial charge >= 0.3 is 0 Å². The van der Waals surface area contributed by atoms with Crippen LogP contribution in [0.2, 0.25) is 0 Å². The number of amidine groups is 1. The van der Waals surface area contributed by atoms with Gasteiger partial charge in [-0.3, -0.25) is 0 Å².